The topological polar surface area (TPSA) is 63.7 Å². The summed E-state index contributed by atoms with van der Waals surface area (Å²) in [4.78, 5) is 11.0. The molecule has 0 radical (unpaired) electrons. The van der Waals surface area contributed by atoms with Crippen molar-refractivity contribution >= 4 is 16.0 Å². The maximum atomic E-state index is 12.4. The summed E-state index contributed by atoms with van der Waals surface area (Å²) >= 11 is 0. The third kappa shape index (κ3) is 4.76. The summed E-state index contributed by atoms with van der Waals surface area (Å²) in [5.41, 5.74) is 0. The fraction of sp³-hybridized carbons (Fsp3) is 0.923. The van der Waals surface area contributed by atoms with E-state index in [9.17, 15) is 13.2 Å². The average Bonchev–Trinajstić information content (AvgIpc) is 2.81. The predicted molar refractivity (Wildman–Crippen MR) is 74.3 cm³/mol. The van der Waals surface area contributed by atoms with Gasteiger partial charge in [-0.25, -0.2) is 8.42 Å². The lowest BCUT2D eigenvalue weighted by Crippen LogP contribution is -2.44. The lowest BCUT2D eigenvalue weighted by atomic mass is 10.2. The number of carbonyl (C=O) groups is 1. The van der Waals surface area contributed by atoms with Gasteiger partial charge in [-0.15, -0.1) is 0 Å². The van der Waals surface area contributed by atoms with Gasteiger partial charge in [0.05, 0.1) is 12.9 Å². The van der Waals surface area contributed by atoms with Crippen molar-refractivity contribution in [2.24, 2.45) is 0 Å². The van der Waals surface area contributed by atoms with E-state index in [1.165, 1.54) is 7.11 Å². The van der Waals surface area contributed by atoms with Crippen LogP contribution >= 0.6 is 0 Å². The van der Waals surface area contributed by atoms with Crippen molar-refractivity contribution in [1.29, 1.82) is 0 Å². The Bertz CT molecular complexity index is 385. The number of hydrogen-bond donors (Lipinski definition) is 0. The van der Waals surface area contributed by atoms with E-state index in [1.54, 1.807) is 4.31 Å². The smallest absolute Gasteiger partial charge is 0.305 e. The van der Waals surface area contributed by atoms with E-state index in [0.29, 0.717) is 6.42 Å². The summed E-state index contributed by atoms with van der Waals surface area (Å²) in [5.74, 6) is -0.330. The summed E-state index contributed by atoms with van der Waals surface area (Å²) in [6, 6.07) is 0.120. The Morgan fingerprint density at radius 1 is 1.32 bits per heavy atom. The van der Waals surface area contributed by atoms with E-state index in [4.69, 9.17) is 0 Å². The largest absolute Gasteiger partial charge is 0.469 e. The molecule has 0 aliphatic heterocycles. The fourth-order valence-electron chi connectivity index (χ4n) is 2.74. The van der Waals surface area contributed by atoms with Gasteiger partial charge in [0.15, 0.2) is 0 Å². The molecule has 1 fully saturated rings. The van der Waals surface area contributed by atoms with Crippen molar-refractivity contribution in [2.45, 2.75) is 64.5 Å². The van der Waals surface area contributed by atoms with Crippen LogP contribution in [0.2, 0.25) is 0 Å². The van der Waals surface area contributed by atoms with Crippen LogP contribution in [0.15, 0.2) is 0 Å². The molecule has 0 saturated heterocycles. The molecule has 0 aromatic rings. The number of carbonyl (C=O) groups excluding carboxylic acids is 1. The molecule has 0 heterocycles. The van der Waals surface area contributed by atoms with Crippen molar-refractivity contribution < 1.29 is 17.9 Å². The van der Waals surface area contributed by atoms with Gasteiger partial charge in [0.25, 0.3) is 0 Å². The van der Waals surface area contributed by atoms with Crippen LogP contribution in [0.25, 0.3) is 0 Å². The molecule has 0 aromatic heterocycles. The first-order valence-corrected chi connectivity index (χ1v) is 8.57. The predicted octanol–water partition coefficient (Wildman–Crippen LogP) is 1.92. The second-order valence-electron chi connectivity index (χ2n) is 5.36. The van der Waals surface area contributed by atoms with E-state index < -0.39 is 10.0 Å². The van der Waals surface area contributed by atoms with Crippen LogP contribution in [0, 0.1) is 0 Å². The van der Waals surface area contributed by atoms with E-state index in [2.05, 4.69) is 4.74 Å². The van der Waals surface area contributed by atoms with E-state index in [-0.39, 0.29) is 30.2 Å². The molecule has 112 valence electrons. The van der Waals surface area contributed by atoms with Crippen LogP contribution in [0.3, 0.4) is 0 Å². The Hall–Kier alpha value is -0.620. The zero-order valence-corrected chi connectivity index (χ0v) is 12.9. The highest BCUT2D eigenvalue weighted by Crippen LogP contribution is 2.28. The molecule has 0 unspecified atom stereocenters. The first-order valence-electron chi connectivity index (χ1n) is 6.96. The first-order chi connectivity index (χ1) is 8.88. The summed E-state index contributed by atoms with van der Waals surface area (Å²) < 4.78 is 31.0. The zero-order chi connectivity index (χ0) is 14.5. The molecule has 0 aromatic carbocycles. The number of esters is 1. The second kappa shape index (κ2) is 7.24. The van der Waals surface area contributed by atoms with Crippen molar-refractivity contribution in [3.05, 3.63) is 0 Å². The molecule has 0 spiro atoms. The van der Waals surface area contributed by atoms with Crippen LogP contribution in [0.4, 0.5) is 0 Å². The Labute approximate surface area is 116 Å². The molecular formula is C13H25NO4S. The zero-order valence-electron chi connectivity index (χ0n) is 12.1. The third-order valence-corrected chi connectivity index (χ3v) is 5.69. The van der Waals surface area contributed by atoms with Gasteiger partial charge in [0.2, 0.25) is 10.0 Å². The Balaban J connectivity index is 2.63. The fourth-order valence-corrected chi connectivity index (χ4v) is 4.76. The standard InChI is InChI=1S/C13H25NO4S/c1-11(2)14(12-7-4-5-8-12)19(16,17)10-6-9-13(15)18-3/h11-12H,4-10H2,1-3H3. The van der Waals surface area contributed by atoms with Gasteiger partial charge in [0.1, 0.15) is 0 Å². The maximum Gasteiger partial charge on any atom is 0.305 e. The molecule has 1 rings (SSSR count). The van der Waals surface area contributed by atoms with E-state index in [0.717, 1.165) is 25.7 Å². The molecule has 6 heteroatoms. The maximum absolute atomic E-state index is 12.4. The van der Waals surface area contributed by atoms with Gasteiger partial charge in [-0.2, -0.15) is 4.31 Å². The normalized spacial score (nSPS) is 17.3. The van der Waals surface area contributed by atoms with Crippen LogP contribution < -0.4 is 0 Å². The monoisotopic (exact) mass is 291 g/mol. The first kappa shape index (κ1) is 16.4. The molecule has 0 atom stereocenters. The number of methoxy groups -OCH3 is 1. The molecule has 1 aliphatic rings. The molecule has 0 amide bonds. The Morgan fingerprint density at radius 3 is 2.37 bits per heavy atom. The van der Waals surface area contributed by atoms with Gasteiger partial charge in [0, 0.05) is 18.5 Å². The minimum Gasteiger partial charge on any atom is -0.469 e. The number of hydrogen-bond acceptors (Lipinski definition) is 4. The highest BCUT2D eigenvalue weighted by molar-refractivity contribution is 7.89. The molecular weight excluding hydrogens is 266 g/mol. The van der Waals surface area contributed by atoms with Gasteiger partial charge in [-0.3, -0.25) is 4.79 Å². The minimum absolute atomic E-state index is 0.0220. The molecule has 0 bridgehead atoms. The summed E-state index contributed by atoms with van der Waals surface area (Å²) in [5, 5.41) is 0. The molecule has 19 heavy (non-hydrogen) atoms. The van der Waals surface area contributed by atoms with Gasteiger partial charge < -0.3 is 4.74 Å². The van der Waals surface area contributed by atoms with E-state index in [1.807, 2.05) is 13.8 Å². The van der Waals surface area contributed by atoms with Crippen LogP contribution in [0.5, 0.6) is 0 Å². The lowest BCUT2D eigenvalue weighted by molar-refractivity contribution is -0.140. The number of rotatable bonds is 7. The summed E-state index contributed by atoms with van der Waals surface area (Å²) in [6.07, 6.45) is 4.59. The van der Waals surface area contributed by atoms with Crippen molar-refractivity contribution in [3.8, 4) is 0 Å². The van der Waals surface area contributed by atoms with Gasteiger partial charge in [-0.05, 0) is 33.1 Å². The van der Waals surface area contributed by atoms with Crippen molar-refractivity contribution in [2.75, 3.05) is 12.9 Å². The SMILES string of the molecule is COC(=O)CCCS(=O)(=O)N(C(C)C)C1CCCC1. The molecule has 1 saturated carbocycles. The average molecular weight is 291 g/mol. The van der Waals surface area contributed by atoms with Crippen molar-refractivity contribution in [3.63, 3.8) is 0 Å². The third-order valence-electron chi connectivity index (χ3n) is 3.53. The highest BCUT2D eigenvalue weighted by atomic mass is 32.2. The lowest BCUT2D eigenvalue weighted by Gasteiger charge is -2.31. The van der Waals surface area contributed by atoms with Crippen LogP contribution in [0.1, 0.15) is 52.4 Å². The van der Waals surface area contributed by atoms with Crippen molar-refractivity contribution in [1.82, 2.24) is 4.31 Å². The minimum atomic E-state index is -3.28. The van der Waals surface area contributed by atoms with Gasteiger partial charge >= 0.3 is 5.97 Å². The number of nitrogens with zero attached hydrogens (tertiary/aromatic N) is 1. The van der Waals surface area contributed by atoms with E-state index >= 15 is 0 Å². The van der Waals surface area contributed by atoms with Gasteiger partial charge in [-0.1, -0.05) is 12.8 Å². The van der Waals surface area contributed by atoms with Crippen LogP contribution in [-0.4, -0.2) is 43.6 Å². The van der Waals surface area contributed by atoms with Crippen LogP contribution in [-0.2, 0) is 19.6 Å². The quantitative estimate of drug-likeness (QED) is 0.672. The Morgan fingerprint density at radius 2 is 1.89 bits per heavy atom. The number of ether oxygens (including phenoxy) is 1. The Kier molecular flexibility index (Phi) is 6.26. The summed E-state index contributed by atoms with van der Waals surface area (Å²) in [7, 11) is -1.97. The molecule has 5 nitrogen and oxygen atoms in total. The second-order valence-corrected chi connectivity index (χ2v) is 7.35. The molecule has 0 N–H and O–H groups in total. The highest BCUT2D eigenvalue weighted by Gasteiger charge is 2.33. The molecule has 1 aliphatic carbocycles. The number of sulfonamides is 1. The summed E-state index contributed by atoms with van der Waals surface area (Å²) in [6.45, 7) is 3.83.